The quantitative estimate of drug-likeness (QED) is 0.484. The first kappa shape index (κ1) is 28.7. The molecule has 1 atom stereocenters. The number of piperidine rings is 1. The molecule has 2 aromatic carbocycles. The summed E-state index contributed by atoms with van der Waals surface area (Å²) >= 11 is 0. The van der Waals surface area contributed by atoms with Crippen LogP contribution in [0.5, 0.6) is 5.75 Å². The van der Waals surface area contributed by atoms with Crippen molar-refractivity contribution in [2.45, 2.75) is 108 Å². The van der Waals surface area contributed by atoms with Gasteiger partial charge in [-0.25, -0.2) is 0 Å². The molecule has 3 fully saturated rings. The largest absolute Gasteiger partial charge is 0.490 e. The fourth-order valence-corrected chi connectivity index (χ4v) is 7.57. The normalized spacial score (nSPS) is 25.9. The lowest BCUT2D eigenvalue weighted by atomic mass is 9.92. The second-order valence-corrected chi connectivity index (χ2v) is 12.9. The van der Waals surface area contributed by atoms with Gasteiger partial charge in [0.15, 0.2) is 0 Å². The van der Waals surface area contributed by atoms with Crippen molar-refractivity contribution in [1.82, 2.24) is 20.4 Å². The molecule has 10 nitrogen and oxygen atoms in total. The maximum absolute atomic E-state index is 13.2. The molecule has 2 N–H and O–H groups in total. The second kappa shape index (κ2) is 11.8. The second-order valence-electron chi connectivity index (χ2n) is 12.9. The average molecular weight is 599 g/mol. The van der Waals surface area contributed by atoms with Crippen LogP contribution in [0, 0.1) is 0 Å². The minimum absolute atomic E-state index is 0.0128. The molecule has 0 aromatic heterocycles. The van der Waals surface area contributed by atoms with Crippen LogP contribution in [0.15, 0.2) is 36.4 Å². The van der Waals surface area contributed by atoms with Crippen molar-refractivity contribution in [2.24, 2.45) is 0 Å². The highest BCUT2D eigenvalue weighted by molar-refractivity contribution is 6.23. The van der Waals surface area contributed by atoms with Crippen molar-refractivity contribution in [3.8, 4) is 5.75 Å². The Morgan fingerprint density at radius 1 is 0.795 bits per heavy atom. The Morgan fingerprint density at radius 3 is 2.05 bits per heavy atom. The lowest BCUT2D eigenvalue weighted by Crippen LogP contribution is -2.54. The zero-order chi connectivity index (χ0) is 30.4. The van der Waals surface area contributed by atoms with Crippen molar-refractivity contribution in [2.75, 3.05) is 0 Å². The van der Waals surface area contributed by atoms with Crippen LogP contribution in [-0.4, -0.2) is 63.6 Å². The first-order chi connectivity index (χ1) is 21.3. The van der Waals surface area contributed by atoms with Crippen LogP contribution >= 0.6 is 0 Å². The summed E-state index contributed by atoms with van der Waals surface area (Å²) in [6, 6.07) is 10.8. The molecule has 10 heteroatoms. The van der Waals surface area contributed by atoms with E-state index in [1.54, 1.807) is 0 Å². The lowest BCUT2D eigenvalue weighted by Gasteiger charge is -2.34. The fourth-order valence-electron chi connectivity index (χ4n) is 7.57. The first-order valence-electron chi connectivity index (χ1n) is 16.0. The van der Waals surface area contributed by atoms with E-state index in [0.717, 1.165) is 60.3 Å². The molecular formula is C34H38N4O6. The van der Waals surface area contributed by atoms with Crippen LogP contribution in [0.4, 0.5) is 0 Å². The highest BCUT2D eigenvalue weighted by atomic mass is 16.5. The Kier molecular flexibility index (Phi) is 7.70. The van der Waals surface area contributed by atoms with E-state index in [2.05, 4.69) is 15.5 Å². The third-order valence-electron chi connectivity index (χ3n) is 10.0. The summed E-state index contributed by atoms with van der Waals surface area (Å²) in [4.78, 5) is 66.5. The van der Waals surface area contributed by atoms with Gasteiger partial charge in [0.05, 0.1) is 17.2 Å². The summed E-state index contributed by atoms with van der Waals surface area (Å²) in [5.41, 5.74) is 3.44. The van der Waals surface area contributed by atoms with E-state index in [0.29, 0.717) is 35.8 Å². The molecule has 5 amide bonds. The van der Waals surface area contributed by atoms with E-state index in [4.69, 9.17) is 4.74 Å². The third-order valence-corrected chi connectivity index (χ3v) is 10.0. The summed E-state index contributed by atoms with van der Waals surface area (Å²) in [5.74, 6) is -1.13. The van der Waals surface area contributed by atoms with Crippen LogP contribution < -0.4 is 15.4 Å². The SMILES string of the molecule is O=C1CC[C@H](N2C(=O)c3cc4c(cc3C2=O)CN(C2CCC(Oc3ccc(C(=O)NC5CCCCC5)cc3)CC2)C4)C(=O)N1. The molecule has 1 saturated heterocycles. The molecule has 0 unspecified atom stereocenters. The van der Waals surface area contributed by atoms with Crippen LogP contribution in [-0.2, 0) is 22.7 Å². The van der Waals surface area contributed by atoms with E-state index >= 15 is 0 Å². The molecule has 5 aliphatic rings. The summed E-state index contributed by atoms with van der Waals surface area (Å²) in [6.07, 6.45) is 9.95. The molecule has 3 heterocycles. The van der Waals surface area contributed by atoms with Gasteiger partial charge in [0, 0.05) is 37.2 Å². The molecule has 2 saturated carbocycles. The number of hydrogen-bond donors (Lipinski definition) is 2. The van der Waals surface area contributed by atoms with Gasteiger partial charge in [0.25, 0.3) is 17.7 Å². The van der Waals surface area contributed by atoms with E-state index in [9.17, 15) is 24.0 Å². The molecule has 44 heavy (non-hydrogen) atoms. The van der Waals surface area contributed by atoms with Gasteiger partial charge < -0.3 is 10.1 Å². The standard InChI is InChI=1S/C34H38N4O6/c39-30-15-14-29(32(41)36-30)38-33(42)27-16-21-18-37(19-22(21)17-28(27)34(38)43)24-8-12-26(13-9-24)44-25-10-6-20(7-11-25)31(40)35-23-4-2-1-3-5-23/h6-7,10-11,16-17,23-24,26,29H,1-5,8-9,12-15,18-19H2,(H,35,40)(H,36,39,41)/t24?,26?,29-/m0/s1. The summed E-state index contributed by atoms with van der Waals surface area (Å²) in [7, 11) is 0. The minimum atomic E-state index is -0.951. The molecule has 2 aromatic rings. The number of amides is 5. The predicted molar refractivity (Wildman–Crippen MR) is 160 cm³/mol. The number of nitrogens with one attached hydrogen (secondary N) is 2. The Labute approximate surface area is 256 Å². The van der Waals surface area contributed by atoms with Crippen molar-refractivity contribution < 1.29 is 28.7 Å². The van der Waals surface area contributed by atoms with E-state index in [1.165, 1.54) is 19.3 Å². The van der Waals surface area contributed by atoms with E-state index < -0.39 is 23.8 Å². The van der Waals surface area contributed by atoms with Crippen LogP contribution in [0.2, 0.25) is 0 Å². The van der Waals surface area contributed by atoms with Crippen LogP contribution in [0.1, 0.15) is 113 Å². The average Bonchev–Trinajstić information content (AvgIpc) is 3.55. The van der Waals surface area contributed by atoms with Crippen LogP contribution in [0.3, 0.4) is 0 Å². The maximum Gasteiger partial charge on any atom is 0.262 e. The molecule has 0 radical (unpaired) electrons. The zero-order valence-electron chi connectivity index (χ0n) is 24.8. The Balaban J connectivity index is 0.918. The number of hydrogen-bond acceptors (Lipinski definition) is 7. The lowest BCUT2D eigenvalue weighted by molar-refractivity contribution is -0.136. The van der Waals surface area contributed by atoms with Gasteiger partial charge in [-0.15, -0.1) is 0 Å². The van der Waals surface area contributed by atoms with Crippen molar-refractivity contribution in [3.05, 3.63) is 64.2 Å². The number of carbonyl (C=O) groups excluding carboxylic acids is 5. The number of imide groups is 2. The fraction of sp³-hybridized carbons (Fsp3) is 0.500. The highest BCUT2D eigenvalue weighted by Crippen LogP contribution is 2.36. The molecule has 0 spiro atoms. The van der Waals surface area contributed by atoms with Gasteiger partial charge in [0.2, 0.25) is 11.8 Å². The van der Waals surface area contributed by atoms with E-state index in [1.807, 2.05) is 36.4 Å². The summed E-state index contributed by atoms with van der Waals surface area (Å²) in [6.45, 7) is 1.42. The topological polar surface area (TPSA) is 125 Å². The smallest absolute Gasteiger partial charge is 0.262 e. The molecular weight excluding hydrogens is 560 g/mol. The maximum atomic E-state index is 13.2. The van der Waals surface area contributed by atoms with Gasteiger partial charge in [-0.1, -0.05) is 19.3 Å². The molecule has 7 rings (SSSR count). The Morgan fingerprint density at radius 2 is 1.43 bits per heavy atom. The molecule has 230 valence electrons. The molecule has 2 aliphatic carbocycles. The van der Waals surface area contributed by atoms with Crippen molar-refractivity contribution >= 4 is 29.5 Å². The Bertz CT molecular complexity index is 1460. The molecule has 0 bridgehead atoms. The minimum Gasteiger partial charge on any atom is -0.490 e. The third kappa shape index (κ3) is 5.51. The van der Waals surface area contributed by atoms with Gasteiger partial charge >= 0.3 is 0 Å². The van der Waals surface area contributed by atoms with Crippen molar-refractivity contribution in [3.63, 3.8) is 0 Å². The number of benzene rings is 2. The summed E-state index contributed by atoms with van der Waals surface area (Å²) < 4.78 is 6.29. The number of fused-ring (bicyclic) bond motifs is 2. The van der Waals surface area contributed by atoms with Gasteiger partial charge in [-0.05, 0) is 92.5 Å². The van der Waals surface area contributed by atoms with Gasteiger partial charge in [0.1, 0.15) is 11.8 Å². The number of ether oxygens (including phenoxy) is 1. The highest BCUT2D eigenvalue weighted by Gasteiger charge is 2.45. The zero-order valence-corrected chi connectivity index (χ0v) is 24.8. The molecule has 3 aliphatic heterocycles. The van der Waals surface area contributed by atoms with Gasteiger partial charge in [-0.2, -0.15) is 0 Å². The summed E-state index contributed by atoms with van der Waals surface area (Å²) in [5, 5.41) is 5.41. The van der Waals surface area contributed by atoms with Gasteiger partial charge in [-0.3, -0.25) is 39.1 Å². The number of rotatable bonds is 6. The predicted octanol–water partition coefficient (Wildman–Crippen LogP) is 3.86. The number of nitrogens with zero attached hydrogens (tertiary/aromatic N) is 2. The van der Waals surface area contributed by atoms with Crippen molar-refractivity contribution in [1.29, 1.82) is 0 Å². The monoisotopic (exact) mass is 598 g/mol. The Hall–Kier alpha value is -4.05. The first-order valence-corrected chi connectivity index (χ1v) is 16.0. The van der Waals surface area contributed by atoms with Crippen LogP contribution in [0.25, 0.3) is 0 Å². The number of carbonyl (C=O) groups is 5. The van der Waals surface area contributed by atoms with E-state index in [-0.39, 0.29) is 36.8 Å².